The van der Waals surface area contributed by atoms with Crippen LogP contribution in [-0.4, -0.2) is 34.6 Å². The number of anilines is 1. The largest absolute Gasteiger partial charge is 0.325 e. The zero-order valence-electron chi connectivity index (χ0n) is 13.2. The highest BCUT2D eigenvalue weighted by molar-refractivity contribution is 6.33. The first-order valence-electron chi connectivity index (χ1n) is 7.89. The minimum atomic E-state index is -0.0340. The molecular weight excluding hydrogens is 312 g/mol. The lowest BCUT2D eigenvalue weighted by Crippen LogP contribution is -2.24. The van der Waals surface area contributed by atoms with Gasteiger partial charge in [-0.2, -0.15) is 5.10 Å². The second kappa shape index (κ2) is 7.15. The maximum atomic E-state index is 12.0. The first-order chi connectivity index (χ1) is 11.1. The Morgan fingerprint density at radius 3 is 2.96 bits per heavy atom. The number of rotatable bonds is 7. The summed E-state index contributed by atoms with van der Waals surface area (Å²) in [7, 11) is 2.00. The van der Waals surface area contributed by atoms with E-state index in [0.29, 0.717) is 29.6 Å². The third kappa shape index (κ3) is 4.56. The molecule has 1 fully saturated rings. The Kier molecular flexibility index (Phi) is 4.98. The van der Waals surface area contributed by atoms with E-state index < -0.39 is 0 Å². The highest BCUT2D eigenvalue weighted by Gasteiger charge is 2.26. The number of benzene rings is 1. The fourth-order valence-electron chi connectivity index (χ4n) is 2.49. The summed E-state index contributed by atoms with van der Waals surface area (Å²) in [5.41, 5.74) is 2.93. The smallest absolute Gasteiger partial charge is 0.225 e. The van der Waals surface area contributed by atoms with Crippen LogP contribution in [-0.2, 0) is 11.3 Å². The van der Waals surface area contributed by atoms with Crippen LogP contribution in [0.4, 0.5) is 5.69 Å². The standard InChI is InChI=1S/C17H21ClN4O/c1-22(11-13-10-16(21-20-13)12-6-7-12)9-8-17(23)19-15-5-3-2-4-14(15)18/h2-5,10,12H,6-9,11H2,1H3,(H,19,23)(H,20,21). The number of para-hydroxylation sites is 1. The molecule has 0 unspecified atom stereocenters. The van der Waals surface area contributed by atoms with E-state index in [1.165, 1.54) is 18.5 Å². The van der Waals surface area contributed by atoms with Crippen molar-refractivity contribution in [2.75, 3.05) is 18.9 Å². The van der Waals surface area contributed by atoms with Crippen LogP contribution in [0.15, 0.2) is 30.3 Å². The molecule has 1 aliphatic rings. The van der Waals surface area contributed by atoms with Crippen LogP contribution >= 0.6 is 11.6 Å². The average molecular weight is 333 g/mol. The topological polar surface area (TPSA) is 61.0 Å². The molecule has 0 saturated heterocycles. The summed E-state index contributed by atoms with van der Waals surface area (Å²) in [6.45, 7) is 1.44. The van der Waals surface area contributed by atoms with E-state index in [9.17, 15) is 4.79 Å². The van der Waals surface area contributed by atoms with Gasteiger partial charge in [0.2, 0.25) is 5.91 Å². The fourth-order valence-corrected chi connectivity index (χ4v) is 2.67. The molecule has 122 valence electrons. The van der Waals surface area contributed by atoms with Crippen LogP contribution in [0.1, 0.15) is 36.6 Å². The van der Waals surface area contributed by atoms with Gasteiger partial charge >= 0.3 is 0 Å². The molecule has 23 heavy (non-hydrogen) atoms. The number of aromatic amines is 1. The summed E-state index contributed by atoms with van der Waals surface area (Å²) in [5, 5.41) is 10.8. The number of aromatic nitrogens is 2. The van der Waals surface area contributed by atoms with Gasteiger partial charge in [-0.25, -0.2) is 0 Å². The third-order valence-corrected chi connectivity index (χ3v) is 4.28. The lowest BCUT2D eigenvalue weighted by atomic mass is 10.2. The lowest BCUT2D eigenvalue weighted by molar-refractivity contribution is -0.116. The Bertz CT molecular complexity index is 681. The van der Waals surface area contributed by atoms with Gasteiger partial charge in [0.05, 0.1) is 16.4 Å². The zero-order chi connectivity index (χ0) is 16.2. The molecule has 0 bridgehead atoms. The molecule has 0 atom stereocenters. The summed E-state index contributed by atoms with van der Waals surface area (Å²) in [6.07, 6.45) is 2.93. The molecule has 2 aromatic rings. The Labute approximate surface area is 141 Å². The lowest BCUT2D eigenvalue weighted by Gasteiger charge is -2.15. The SMILES string of the molecule is CN(CCC(=O)Nc1ccccc1Cl)Cc1cc(C2CC2)n[nH]1. The van der Waals surface area contributed by atoms with Crippen LogP contribution in [0, 0.1) is 0 Å². The molecule has 1 amide bonds. The third-order valence-electron chi connectivity index (χ3n) is 3.96. The molecule has 2 N–H and O–H groups in total. The van der Waals surface area contributed by atoms with Crippen molar-refractivity contribution in [2.24, 2.45) is 0 Å². The monoisotopic (exact) mass is 332 g/mol. The van der Waals surface area contributed by atoms with E-state index in [4.69, 9.17) is 11.6 Å². The van der Waals surface area contributed by atoms with Crippen molar-refractivity contribution in [1.29, 1.82) is 0 Å². The normalized spacial score (nSPS) is 14.2. The number of H-pyrrole nitrogens is 1. The molecular formula is C17H21ClN4O. The van der Waals surface area contributed by atoms with Gasteiger partial charge in [-0.1, -0.05) is 23.7 Å². The van der Waals surface area contributed by atoms with E-state index >= 15 is 0 Å². The quantitative estimate of drug-likeness (QED) is 0.817. The van der Waals surface area contributed by atoms with Crippen molar-refractivity contribution >= 4 is 23.2 Å². The number of carbonyl (C=O) groups is 1. The van der Waals surface area contributed by atoms with Crippen molar-refractivity contribution < 1.29 is 4.79 Å². The number of amides is 1. The summed E-state index contributed by atoms with van der Waals surface area (Å²) in [4.78, 5) is 14.1. The average Bonchev–Trinajstić information content (AvgIpc) is 3.28. The van der Waals surface area contributed by atoms with E-state index in [-0.39, 0.29) is 5.91 Å². The molecule has 1 aromatic carbocycles. The minimum Gasteiger partial charge on any atom is -0.325 e. The Morgan fingerprint density at radius 1 is 1.43 bits per heavy atom. The van der Waals surface area contributed by atoms with Gasteiger partial charge in [-0.15, -0.1) is 0 Å². The molecule has 0 radical (unpaired) electrons. The summed E-state index contributed by atoms with van der Waals surface area (Å²) in [5.74, 6) is 0.625. The Hall–Kier alpha value is -1.85. The number of carbonyl (C=O) groups excluding carboxylic acids is 1. The van der Waals surface area contributed by atoms with Crippen molar-refractivity contribution in [3.63, 3.8) is 0 Å². The molecule has 1 aromatic heterocycles. The molecule has 1 heterocycles. The van der Waals surface area contributed by atoms with Crippen LogP contribution in [0.2, 0.25) is 5.02 Å². The predicted molar refractivity (Wildman–Crippen MR) is 91.6 cm³/mol. The van der Waals surface area contributed by atoms with Crippen molar-refractivity contribution in [1.82, 2.24) is 15.1 Å². The van der Waals surface area contributed by atoms with Gasteiger partial charge in [0.15, 0.2) is 0 Å². The number of nitrogens with zero attached hydrogens (tertiary/aromatic N) is 2. The fraction of sp³-hybridized carbons (Fsp3) is 0.412. The number of hydrogen-bond donors (Lipinski definition) is 2. The maximum absolute atomic E-state index is 12.0. The van der Waals surface area contributed by atoms with E-state index in [2.05, 4.69) is 26.5 Å². The van der Waals surface area contributed by atoms with Crippen LogP contribution < -0.4 is 5.32 Å². The van der Waals surface area contributed by atoms with Crippen LogP contribution in [0.5, 0.6) is 0 Å². The van der Waals surface area contributed by atoms with Gasteiger partial charge in [-0.05, 0) is 38.1 Å². The number of halogens is 1. The van der Waals surface area contributed by atoms with Gasteiger partial charge < -0.3 is 10.2 Å². The molecule has 0 aliphatic heterocycles. The zero-order valence-corrected chi connectivity index (χ0v) is 13.9. The maximum Gasteiger partial charge on any atom is 0.225 e. The highest BCUT2D eigenvalue weighted by atomic mass is 35.5. The molecule has 1 aliphatic carbocycles. The molecule has 0 spiro atoms. The first-order valence-corrected chi connectivity index (χ1v) is 8.26. The Morgan fingerprint density at radius 2 is 2.22 bits per heavy atom. The van der Waals surface area contributed by atoms with Crippen molar-refractivity contribution in [2.45, 2.75) is 31.7 Å². The van der Waals surface area contributed by atoms with Crippen molar-refractivity contribution in [3.05, 3.63) is 46.7 Å². The minimum absolute atomic E-state index is 0.0340. The summed E-state index contributed by atoms with van der Waals surface area (Å²) in [6, 6.07) is 9.39. The first kappa shape index (κ1) is 16.0. The van der Waals surface area contributed by atoms with E-state index in [0.717, 1.165) is 12.2 Å². The van der Waals surface area contributed by atoms with Gasteiger partial charge in [0.1, 0.15) is 0 Å². The highest BCUT2D eigenvalue weighted by Crippen LogP contribution is 2.39. The molecule has 1 saturated carbocycles. The van der Waals surface area contributed by atoms with Crippen molar-refractivity contribution in [3.8, 4) is 0 Å². The van der Waals surface area contributed by atoms with E-state index in [1.807, 2.05) is 19.2 Å². The Balaban J connectivity index is 1.43. The summed E-state index contributed by atoms with van der Waals surface area (Å²) >= 11 is 6.04. The second-order valence-electron chi connectivity index (χ2n) is 6.11. The predicted octanol–water partition coefficient (Wildman–Crippen LogP) is 3.40. The van der Waals surface area contributed by atoms with Gasteiger partial charge in [0, 0.05) is 31.1 Å². The second-order valence-corrected chi connectivity index (χ2v) is 6.52. The van der Waals surface area contributed by atoms with Gasteiger partial charge in [-0.3, -0.25) is 9.89 Å². The molecule has 6 heteroatoms. The van der Waals surface area contributed by atoms with Crippen LogP contribution in [0.25, 0.3) is 0 Å². The number of nitrogens with one attached hydrogen (secondary N) is 2. The molecule has 5 nitrogen and oxygen atoms in total. The van der Waals surface area contributed by atoms with E-state index in [1.54, 1.807) is 12.1 Å². The number of hydrogen-bond acceptors (Lipinski definition) is 3. The molecule has 3 rings (SSSR count). The van der Waals surface area contributed by atoms with Crippen LogP contribution in [0.3, 0.4) is 0 Å². The van der Waals surface area contributed by atoms with Gasteiger partial charge in [0.25, 0.3) is 0 Å². The summed E-state index contributed by atoms with van der Waals surface area (Å²) < 4.78 is 0.